The number of amides is 1. The summed E-state index contributed by atoms with van der Waals surface area (Å²) in [5.74, 6) is 0.429. The van der Waals surface area contributed by atoms with Crippen LogP contribution in [0.3, 0.4) is 0 Å². The van der Waals surface area contributed by atoms with Crippen molar-refractivity contribution in [3.8, 4) is 0 Å². The summed E-state index contributed by atoms with van der Waals surface area (Å²) in [6.07, 6.45) is 0.991. The van der Waals surface area contributed by atoms with Gasteiger partial charge >= 0.3 is 0 Å². The fourth-order valence-electron chi connectivity index (χ4n) is 2.63. The Balaban J connectivity index is 0.00000200. The van der Waals surface area contributed by atoms with E-state index in [1.807, 2.05) is 35.2 Å². The summed E-state index contributed by atoms with van der Waals surface area (Å²) in [5, 5.41) is 0. The number of likely N-dealkylation sites (tertiary alicyclic amines) is 1. The minimum absolute atomic E-state index is 0. The first kappa shape index (κ1) is 17.0. The minimum Gasteiger partial charge on any atom is -0.384 e. The van der Waals surface area contributed by atoms with Gasteiger partial charge in [0.15, 0.2) is 0 Å². The molecule has 0 bridgehead atoms. The Morgan fingerprint density at radius 1 is 1.45 bits per heavy atom. The van der Waals surface area contributed by atoms with Gasteiger partial charge in [-0.15, -0.1) is 12.4 Å². The molecule has 0 radical (unpaired) electrons. The van der Waals surface area contributed by atoms with Gasteiger partial charge in [0.2, 0.25) is 5.91 Å². The molecular formula is C15H23ClN2O2. The van der Waals surface area contributed by atoms with Crippen molar-refractivity contribution in [1.29, 1.82) is 0 Å². The van der Waals surface area contributed by atoms with E-state index in [0.717, 1.165) is 25.1 Å². The van der Waals surface area contributed by atoms with E-state index in [9.17, 15) is 4.79 Å². The molecule has 1 aliphatic heterocycles. The zero-order valence-corrected chi connectivity index (χ0v) is 12.9. The maximum absolute atomic E-state index is 12.6. The monoisotopic (exact) mass is 298 g/mol. The highest BCUT2D eigenvalue weighted by Gasteiger charge is 2.37. The minimum atomic E-state index is -0.955. The Morgan fingerprint density at radius 2 is 2.10 bits per heavy atom. The predicted octanol–water partition coefficient (Wildman–Crippen LogP) is 1.78. The number of carbonyl (C=O) groups is 1. The summed E-state index contributed by atoms with van der Waals surface area (Å²) < 4.78 is 5.15. The van der Waals surface area contributed by atoms with Crippen molar-refractivity contribution in [2.24, 2.45) is 11.7 Å². The van der Waals surface area contributed by atoms with Crippen LogP contribution in [0.5, 0.6) is 0 Å². The highest BCUT2D eigenvalue weighted by Crippen LogP contribution is 2.24. The number of hydrogen-bond donors (Lipinski definition) is 1. The Kier molecular flexibility index (Phi) is 5.99. The molecule has 1 saturated heterocycles. The van der Waals surface area contributed by atoms with Crippen LogP contribution in [0.2, 0.25) is 0 Å². The summed E-state index contributed by atoms with van der Waals surface area (Å²) in [5.41, 5.74) is 6.16. The van der Waals surface area contributed by atoms with Crippen molar-refractivity contribution in [2.75, 3.05) is 26.8 Å². The number of methoxy groups -OCH3 is 1. The smallest absolute Gasteiger partial charge is 0.246 e. The van der Waals surface area contributed by atoms with Crippen LogP contribution in [0, 0.1) is 5.92 Å². The zero-order chi connectivity index (χ0) is 13.9. The summed E-state index contributed by atoms with van der Waals surface area (Å²) in [7, 11) is 1.70. The van der Waals surface area contributed by atoms with Crippen LogP contribution >= 0.6 is 12.4 Å². The van der Waals surface area contributed by atoms with Crippen molar-refractivity contribution in [1.82, 2.24) is 4.90 Å². The second-order valence-corrected chi connectivity index (χ2v) is 5.43. The standard InChI is InChI=1S/C15H22N2O2.ClH/c1-15(16,13-6-4-3-5-7-13)14(18)17-9-8-12(10-17)11-19-2;/h3-7,12H,8-11,16H2,1-2H3;1H. The lowest BCUT2D eigenvalue weighted by Crippen LogP contribution is -2.50. The Morgan fingerprint density at radius 3 is 2.70 bits per heavy atom. The summed E-state index contributed by atoms with van der Waals surface area (Å²) >= 11 is 0. The first-order chi connectivity index (χ1) is 9.05. The molecule has 1 amide bonds. The van der Waals surface area contributed by atoms with Gasteiger partial charge < -0.3 is 15.4 Å². The Bertz CT molecular complexity index is 437. The zero-order valence-electron chi connectivity index (χ0n) is 12.0. The van der Waals surface area contributed by atoms with Gasteiger partial charge in [-0.05, 0) is 18.9 Å². The molecule has 2 atom stereocenters. The lowest BCUT2D eigenvalue weighted by atomic mass is 9.92. The largest absolute Gasteiger partial charge is 0.384 e. The molecule has 5 heteroatoms. The Labute approximate surface area is 126 Å². The van der Waals surface area contributed by atoms with Crippen molar-refractivity contribution < 1.29 is 9.53 Å². The lowest BCUT2D eigenvalue weighted by molar-refractivity contribution is -0.135. The molecule has 112 valence electrons. The van der Waals surface area contributed by atoms with Gasteiger partial charge in [-0.3, -0.25) is 4.79 Å². The first-order valence-electron chi connectivity index (χ1n) is 6.68. The summed E-state index contributed by atoms with van der Waals surface area (Å²) in [4.78, 5) is 14.4. The number of benzene rings is 1. The van der Waals surface area contributed by atoms with Crippen LogP contribution < -0.4 is 5.73 Å². The highest BCUT2D eigenvalue weighted by atomic mass is 35.5. The van der Waals surface area contributed by atoms with Crippen LogP contribution in [0.4, 0.5) is 0 Å². The van der Waals surface area contributed by atoms with E-state index in [-0.39, 0.29) is 18.3 Å². The van der Waals surface area contributed by atoms with E-state index >= 15 is 0 Å². The van der Waals surface area contributed by atoms with Crippen LogP contribution in [0.15, 0.2) is 30.3 Å². The van der Waals surface area contributed by atoms with Gasteiger partial charge in [-0.25, -0.2) is 0 Å². The van der Waals surface area contributed by atoms with E-state index in [1.54, 1.807) is 14.0 Å². The molecule has 0 saturated carbocycles. The topological polar surface area (TPSA) is 55.6 Å². The third-order valence-corrected chi connectivity index (χ3v) is 3.79. The van der Waals surface area contributed by atoms with Gasteiger partial charge in [0.05, 0.1) is 6.61 Å². The van der Waals surface area contributed by atoms with E-state index in [0.29, 0.717) is 12.5 Å². The van der Waals surface area contributed by atoms with Crippen LogP contribution in [0.1, 0.15) is 18.9 Å². The highest BCUT2D eigenvalue weighted by molar-refractivity contribution is 5.87. The molecular weight excluding hydrogens is 276 g/mol. The molecule has 1 aromatic rings. The number of nitrogens with zero attached hydrogens (tertiary/aromatic N) is 1. The average Bonchev–Trinajstić information content (AvgIpc) is 2.88. The van der Waals surface area contributed by atoms with E-state index in [1.165, 1.54) is 0 Å². The fraction of sp³-hybridized carbons (Fsp3) is 0.533. The lowest BCUT2D eigenvalue weighted by Gasteiger charge is -2.29. The molecule has 1 aromatic carbocycles. The van der Waals surface area contributed by atoms with Gasteiger partial charge in [0.25, 0.3) is 0 Å². The number of carbonyl (C=O) groups excluding carboxylic acids is 1. The average molecular weight is 299 g/mol. The predicted molar refractivity (Wildman–Crippen MR) is 81.8 cm³/mol. The molecule has 1 aliphatic rings. The molecule has 0 aromatic heterocycles. The van der Waals surface area contributed by atoms with Gasteiger partial charge in [0.1, 0.15) is 5.54 Å². The first-order valence-corrected chi connectivity index (χ1v) is 6.68. The van der Waals surface area contributed by atoms with E-state index in [2.05, 4.69) is 0 Å². The third kappa shape index (κ3) is 3.51. The van der Waals surface area contributed by atoms with Gasteiger partial charge in [-0.1, -0.05) is 30.3 Å². The molecule has 1 fully saturated rings. The summed E-state index contributed by atoms with van der Waals surface area (Å²) in [6, 6.07) is 9.55. The van der Waals surface area contributed by atoms with Gasteiger partial charge in [0, 0.05) is 26.1 Å². The van der Waals surface area contributed by atoms with E-state index < -0.39 is 5.54 Å². The van der Waals surface area contributed by atoms with E-state index in [4.69, 9.17) is 10.5 Å². The van der Waals surface area contributed by atoms with Crippen LogP contribution in [-0.4, -0.2) is 37.6 Å². The second-order valence-electron chi connectivity index (χ2n) is 5.43. The number of halogens is 1. The maximum Gasteiger partial charge on any atom is 0.246 e. The molecule has 2 N–H and O–H groups in total. The SMILES string of the molecule is COCC1CCN(C(=O)C(C)(N)c2ccccc2)C1.Cl. The quantitative estimate of drug-likeness (QED) is 0.922. The number of rotatable bonds is 4. The number of hydrogen-bond acceptors (Lipinski definition) is 3. The maximum atomic E-state index is 12.6. The van der Waals surface area contributed by atoms with Crippen molar-refractivity contribution in [3.63, 3.8) is 0 Å². The normalized spacial score (nSPS) is 21.1. The molecule has 0 aliphatic carbocycles. The van der Waals surface area contributed by atoms with Gasteiger partial charge in [-0.2, -0.15) is 0 Å². The van der Waals surface area contributed by atoms with Crippen LogP contribution in [0.25, 0.3) is 0 Å². The number of nitrogens with two attached hydrogens (primary N) is 1. The molecule has 1 heterocycles. The van der Waals surface area contributed by atoms with Crippen molar-refractivity contribution in [2.45, 2.75) is 18.9 Å². The van der Waals surface area contributed by atoms with Crippen molar-refractivity contribution >= 4 is 18.3 Å². The number of ether oxygens (including phenoxy) is 1. The summed E-state index contributed by atoms with van der Waals surface area (Å²) in [6.45, 7) is 4.00. The molecule has 2 unspecified atom stereocenters. The third-order valence-electron chi connectivity index (χ3n) is 3.79. The Hall–Kier alpha value is -1.10. The second kappa shape index (κ2) is 7.07. The molecule has 20 heavy (non-hydrogen) atoms. The fourth-order valence-corrected chi connectivity index (χ4v) is 2.63. The molecule has 4 nitrogen and oxygen atoms in total. The van der Waals surface area contributed by atoms with Crippen LogP contribution in [-0.2, 0) is 15.1 Å². The van der Waals surface area contributed by atoms with Crippen molar-refractivity contribution in [3.05, 3.63) is 35.9 Å². The molecule has 0 spiro atoms. The molecule has 2 rings (SSSR count).